The van der Waals surface area contributed by atoms with Gasteiger partial charge in [0.15, 0.2) is 0 Å². The van der Waals surface area contributed by atoms with E-state index in [1.165, 1.54) is 5.56 Å². The predicted octanol–water partition coefficient (Wildman–Crippen LogP) is 4.43. The number of hydrogen-bond acceptors (Lipinski definition) is 4. The van der Waals surface area contributed by atoms with Crippen LogP contribution in [0.4, 0.5) is 11.6 Å². The molecule has 1 aliphatic rings. The average molecular weight is 351 g/mol. The molecule has 2 aromatic carbocycles. The highest BCUT2D eigenvalue weighted by Gasteiger charge is 2.19. The summed E-state index contributed by atoms with van der Waals surface area (Å²) in [4.78, 5) is 11.6. The molecule has 0 saturated carbocycles. The van der Waals surface area contributed by atoms with Gasteiger partial charge in [0, 0.05) is 48.5 Å². The Labute approximate surface area is 152 Å². The molecular weight excluding hydrogens is 332 g/mol. The summed E-state index contributed by atoms with van der Waals surface area (Å²) in [5.74, 6) is 0.657. The van der Waals surface area contributed by atoms with Crippen molar-refractivity contribution in [3.63, 3.8) is 0 Å². The molecule has 0 unspecified atom stereocenters. The van der Waals surface area contributed by atoms with Gasteiger partial charge in [-0.05, 0) is 23.8 Å². The highest BCUT2D eigenvalue weighted by Crippen LogP contribution is 2.23. The van der Waals surface area contributed by atoms with Gasteiger partial charge in [-0.3, -0.25) is 4.90 Å². The van der Waals surface area contributed by atoms with Crippen molar-refractivity contribution in [3.8, 4) is 0 Å². The van der Waals surface area contributed by atoms with Gasteiger partial charge in [-0.25, -0.2) is 9.97 Å². The molecule has 25 heavy (non-hydrogen) atoms. The van der Waals surface area contributed by atoms with E-state index in [0.717, 1.165) is 48.0 Å². The van der Waals surface area contributed by atoms with Gasteiger partial charge in [-0.1, -0.05) is 48.0 Å². The molecule has 4 nitrogen and oxygen atoms in total. The van der Waals surface area contributed by atoms with Gasteiger partial charge in [0.05, 0.1) is 5.69 Å². The number of fused-ring (bicyclic) bond motifs is 1. The Morgan fingerprint density at radius 1 is 1.04 bits per heavy atom. The van der Waals surface area contributed by atoms with Crippen LogP contribution in [0.5, 0.6) is 0 Å². The molecule has 126 valence electrons. The number of para-hydroxylation sites is 1. The number of hydrogen-bond donors (Lipinski definition) is 1. The Balaban J connectivity index is 1.46. The van der Waals surface area contributed by atoms with Gasteiger partial charge in [0.2, 0.25) is 5.95 Å². The summed E-state index contributed by atoms with van der Waals surface area (Å²) in [5.41, 5.74) is 4.48. The van der Waals surface area contributed by atoms with Crippen molar-refractivity contribution >= 4 is 23.2 Å². The average Bonchev–Trinajstić information content (AvgIpc) is 2.65. The molecule has 0 bridgehead atoms. The van der Waals surface area contributed by atoms with Crippen LogP contribution in [0.25, 0.3) is 0 Å². The van der Waals surface area contributed by atoms with E-state index in [2.05, 4.69) is 21.3 Å². The Morgan fingerprint density at radius 2 is 1.84 bits per heavy atom. The Morgan fingerprint density at radius 3 is 2.68 bits per heavy atom. The van der Waals surface area contributed by atoms with Gasteiger partial charge in [0.25, 0.3) is 0 Å². The second-order valence-electron chi connectivity index (χ2n) is 6.21. The lowest BCUT2D eigenvalue weighted by molar-refractivity contribution is 0.243. The lowest BCUT2D eigenvalue weighted by Gasteiger charge is -2.28. The Kier molecular flexibility index (Phi) is 4.63. The summed E-state index contributed by atoms with van der Waals surface area (Å²) >= 11 is 6.28. The first kappa shape index (κ1) is 16.1. The standard InChI is InChI=1S/C20H19ClN4/c21-18-9-5-4-6-15(18)13-25-11-10-19-16(14-25)12-22-20(24-19)23-17-7-2-1-3-8-17/h1-9,12H,10-11,13-14H2,(H,22,23,24). The van der Waals surface area contributed by atoms with Crippen molar-refractivity contribution in [3.05, 3.63) is 82.6 Å². The zero-order valence-electron chi connectivity index (χ0n) is 13.8. The molecule has 0 spiro atoms. The summed E-state index contributed by atoms with van der Waals surface area (Å²) in [5, 5.41) is 4.09. The molecule has 0 radical (unpaired) electrons. The van der Waals surface area contributed by atoms with Crippen molar-refractivity contribution in [1.29, 1.82) is 0 Å². The van der Waals surface area contributed by atoms with Crippen molar-refractivity contribution in [2.24, 2.45) is 0 Å². The number of benzene rings is 2. The predicted molar refractivity (Wildman–Crippen MR) is 101 cm³/mol. The van der Waals surface area contributed by atoms with Crippen LogP contribution in [0.1, 0.15) is 16.8 Å². The topological polar surface area (TPSA) is 41.1 Å². The first-order valence-corrected chi connectivity index (χ1v) is 8.78. The van der Waals surface area contributed by atoms with E-state index in [-0.39, 0.29) is 0 Å². The molecule has 1 N–H and O–H groups in total. The summed E-state index contributed by atoms with van der Waals surface area (Å²) in [7, 11) is 0. The van der Waals surface area contributed by atoms with Crippen molar-refractivity contribution in [2.45, 2.75) is 19.5 Å². The van der Waals surface area contributed by atoms with Crippen LogP contribution in [0, 0.1) is 0 Å². The molecule has 0 saturated heterocycles. The number of anilines is 2. The first-order chi connectivity index (χ1) is 12.3. The van der Waals surface area contributed by atoms with Gasteiger partial charge < -0.3 is 5.32 Å². The fourth-order valence-corrected chi connectivity index (χ4v) is 3.28. The Hall–Kier alpha value is -2.43. The molecule has 1 aromatic heterocycles. The number of nitrogens with one attached hydrogen (secondary N) is 1. The van der Waals surface area contributed by atoms with E-state index < -0.39 is 0 Å². The molecule has 0 amide bonds. The van der Waals surface area contributed by atoms with E-state index in [1.807, 2.05) is 54.7 Å². The maximum absolute atomic E-state index is 6.28. The van der Waals surface area contributed by atoms with Crippen LogP contribution in [0.15, 0.2) is 60.8 Å². The minimum atomic E-state index is 0.657. The third-order valence-corrected chi connectivity index (χ3v) is 4.76. The van der Waals surface area contributed by atoms with E-state index in [0.29, 0.717) is 5.95 Å². The molecule has 3 aromatic rings. The van der Waals surface area contributed by atoms with Crippen LogP contribution < -0.4 is 5.32 Å². The normalized spacial score (nSPS) is 14.1. The maximum Gasteiger partial charge on any atom is 0.227 e. The molecule has 0 atom stereocenters. The van der Waals surface area contributed by atoms with E-state index in [4.69, 9.17) is 16.6 Å². The molecule has 2 heterocycles. The van der Waals surface area contributed by atoms with E-state index in [1.54, 1.807) is 0 Å². The molecule has 0 aliphatic carbocycles. The number of nitrogens with zero attached hydrogens (tertiary/aromatic N) is 3. The fraction of sp³-hybridized carbons (Fsp3) is 0.200. The minimum Gasteiger partial charge on any atom is -0.324 e. The zero-order valence-corrected chi connectivity index (χ0v) is 14.6. The fourth-order valence-electron chi connectivity index (χ4n) is 3.09. The zero-order chi connectivity index (χ0) is 17.1. The monoisotopic (exact) mass is 350 g/mol. The number of rotatable bonds is 4. The molecular formula is C20H19ClN4. The first-order valence-electron chi connectivity index (χ1n) is 8.40. The van der Waals surface area contributed by atoms with Crippen LogP contribution in [-0.4, -0.2) is 21.4 Å². The highest BCUT2D eigenvalue weighted by molar-refractivity contribution is 6.31. The molecule has 0 fully saturated rings. The summed E-state index contributed by atoms with van der Waals surface area (Å²) in [6.45, 7) is 2.68. The van der Waals surface area contributed by atoms with Gasteiger partial charge in [0.1, 0.15) is 0 Å². The van der Waals surface area contributed by atoms with Crippen molar-refractivity contribution in [1.82, 2.24) is 14.9 Å². The van der Waals surface area contributed by atoms with Gasteiger partial charge >= 0.3 is 0 Å². The smallest absolute Gasteiger partial charge is 0.227 e. The SMILES string of the molecule is Clc1ccccc1CN1CCc2nc(Nc3ccccc3)ncc2C1. The maximum atomic E-state index is 6.28. The summed E-state index contributed by atoms with van der Waals surface area (Å²) < 4.78 is 0. The van der Waals surface area contributed by atoms with Crippen molar-refractivity contribution < 1.29 is 0 Å². The second-order valence-corrected chi connectivity index (χ2v) is 6.62. The van der Waals surface area contributed by atoms with Crippen molar-refractivity contribution in [2.75, 3.05) is 11.9 Å². The summed E-state index contributed by atoms with van der Waals surface area (Å²) in [6.07, 6.45) is 2.86. The van der Waals surface area contributed by atoms with Crippen LogP contribution in [0.2, 0.25) is 5.02 Å². The van der Waals surface area contributed by atoms with E-state index in [9.17, 15) is 0 Å². The largest absolute Gasteiger partial charge is 0.324 e. The van der Waals surface area contributed by atoms with E-state index >= 15 is 0 Å². The third-order valence-electron chi connectivity index (χ3n) is 4.39. The summed E-state index contributed by atoms with van der Waals surface area (Å²) in [6, 6.07) is 18.0. The third kappa shape index (κ3) is 3.81. The van der Waals surface area contributed by atoms with Gasteiger partial charge in [-0.15, -0.1) is 0 Å². The van der Waals surface area contributed by atoms with Crippen LogP contribution in [0.3, 0.4) is 0 Å². The second kappa shape index (κ2) is 7.21. The molecule has 1 aliphatic heterocycles. The quantitative estimate of drug-likeness (QED) is 0.755. The van der Waals surface area contributed by atoms with Crippen LogP contribution >= 0.6 is 11.6 Å². The Bertz CT molecular complexity index is 867. The lowest BCUT2D eigenvalue weighted by atomic mass is 10.1. The number of halogens is 1. The molecule has 5 heteroatoms. The highest BCUT2D eigenvalue weighted by atomic mass is 35.5. The molecule has 4 rings (SSSR count). The van der Waals surface area contributed by atoms with Gasteiger partial charge in [-0.2, -0.15) is 0 Å². The number of aromatic nitrogens is 2. The van der Waals surface area contributed by atoms with Crippen LogP contribution in [-0.2, 0) is 19.5 Å². The lowest BCUT2D eigenvalue weighted by Crippen LogP contribution is -2.31. The minimum absolute atomic E-state index is 0.657.